The number of aryl methyl sites for hydroxylation is 1. The third-order valence-electron chi connectivity index (χ3n) is 8.12. The first-order chi connectivity index (χ1) is 17.3. The molecule has 0 unspecified atom stereocenters. The van der Waals surface area contributed by atoms with Crippen LogP contribution in [-0.2, 0) is 17.2 Å². The summed E-state index contributed by atoms with van der Waals surface area (Å²) in [7, 11) is 1.83. The summed E-state index contributed by atoms with van der Waals surface area (Å²) in [6, 6.07) is 8.99. The molecule has 6 nitrogen and oxygen atoms in total. The minimum absolute atomic E-state index is 0.0166. The molecule has 2 aromatic carbocycles. The molecule has 0 spiro atoms. The van der Waals surface area contributed by atoms with E-state index in [0.29, 0.717) is 24.5 Å². The van der Waals surface area contributed by atoms with Gasteiger partial charge in [-0.2, -0.15) is 0 Å². The van der Waals surface area contributed by atoms with Gasteiger partial charge in [-0.15, -0.1) is 0 Å². The predicted molar refractivity (Wildman–Crippen MR) is 142 cm³/mol. The smallest absolute Gasteiger partial charge is 0.261 e. The summed E-state index contributed by atoms with van der Waals surface area (Å²) in [6.45, 7) is 9.53. The number of ether oxygens (including phenoxy) is 1. The van der Waals surface area contributed by atoms with Crippen molar-refractivity contribution >= 4 is 16.6 Å². The average Bonchev–Trinajstić information content (AvgIpc) is 2.88. The molecule has 192 valence electrons. The number of nitrogens with one attached hydrogen (secondary N) is 2. The van der Waals surface area contributed by atoms with Crippen molar-refractivity contribution in [2.45, 2.75) is 63.8 Å². The number of benzene rings is 2. The maximum atomic E-state index is 14.3. The molecule has 2 aliphatic heterocycles. The van der Waals surface area contributed by atoms with Gasteiger partial charge in [0.25, 0.3) is 5.56 Å². The largest absolute Gasteiger partial charge is 0.381 e. The Morgan fingerprint density at radius 3 is 2.64 bits per heavy atom. The first-order valence-corrected chi connectivity index (χ1v) is 13.1. The quantitative estimate of drug-likeness (QED) is 0.519. The van der Waals surface area contributed by atoms with Crippen molar-refractivity contribution < 1.29 is 9.13 Å². The van der Waals surface area contributed by atoms with E-state index < -0.39 is 0 Å². The van der Waals surface area contributed by atoms with Gasteiger partial charge in [-0.1, -0.05) is 13.0 Å². The number of aromatic nitrogens is 2. The molecule has 5 rings (SSSR count). The van der Waals surface area contributed by atoms with Gasteiger partial charge in [-0.25, -0.2) is 9.37 Å². The van der Waals surface area contributed by atoms with E-state index in [0.717, 1.165) is 72.5 Å². The van der Waals surface area contributed by atoms with Crippen LogP contribution in [0.15, 0.2) is 35.1 Å². The van der Waals surface area contributed by atoms with Crippen molar-refractivity contribution in [3.8, 4) is 0 Å². The first kappa shape index (κ1) is 24.9. The van der Waals surface area contributed by atoms with E-state index in [4.69, 9.17) is 9.72 Å². The fourth-order valence-corrected chi connectivity index (χ4v) is 5.91. The zero-order valence-electron chi connectivity index (χ0n) is 21.8. The van der Waals surface area contributed by atoms with Crippen molar-refractivity contribution in [2.24, 2.45) is 7.05 Å². The van der Waals surface area contributed by atoms with E-state index in [9.17, 15) is 9.18 Å². The predicted octanol–water partition coefficient (Wildman–Crippen LogP) is 5.09. The normalized spacial score (nSPS) is 19.4. The topological polar surface area (TPSA) is 68.2 Å². The Morgan fingerprint density at radius 2 is 1.92 bits per heavy atom. The summed E-state index contributed by atoms with van der Waals surface area (Å²) in [4.78, 5) is 18.7. The molecule has 0 radical (unpaired) electrons. The van der Waals surface area contributed by atoms with Gasteiger partial charge in [0, 0.05) is 36.9 Å². The summed E-state index contributed by atoms with van der Waals surface area (Å²) < 4.78 is 21.6. The van der Waals surface area contributed by atoms with Gasteiger partial charge >= 0.3 is 0 Å². The summed E-state index contributed by atoms with van der Waals surface area (Å²) in [5.74, 6) is 0.927. The molecular weight excluding hydrogens is 455 g/mol. The number of hydrogen-bond donors (Lipinski definition) is 2. The van der Waals surface area contributed by atoms with Crippen LogP contribution >= 0.6 is 0 Å². The van der Waals surface area contributed by atoms with Crippen LogP contribution in [0.25, 0.3) is 10.9 Å². The zero-order valence-corrected chi connectivity index (χ0v) is 21.8. The number of piperidine rings is 1. The van der Waals surface area contributed by atoms with Crippen molar-refractivity contribution in [1.82, 2.24) is 14.9 Å². The van der Waals surface area contributed by atoms with E-state index in [-0.39, 0.29) is 22.8 Å². The fraction of sp³-hybridized carbons (Fsp3) is 0.517. The lowest BCUT2D eigenvalue weighted by atomic mass is 9.81. The molecule has 7 heteroatoms. The minimum atomic E-state index is -0.210. The number of rotatable bonds is 5. The Labute approximate surface area is 212 Å². The number of hydrogen-bond acceptors (Lipinski definition) is 5. The SMILES string of the molecule is Cc1cc([C@@H](C)Nc2ccc(F)cc2C2CCNCC2)c2nc(C3(C)CCOCC3)n(C)c(=O)c2c1. The Balaban J connectivity index is 1.58. The van der Waals surface area contributed by atoms with Crippen LogP contribution in [0.4, 0.5) is 10.1 Å². The van der Waals surface area contributed by atoms with Gasteiger partial charge in [0.1, 0.15) is 11.6 Å². The van der Waals surface area contributed by atoms with Gasteiger partial charge in [0.05, 0.1) is 16.9 Å². The summed E-state index contributed by atoms with van der Waals surface area (Å²) in [5, 5.41) is 7.69. The van der Waals surface area contributed by atoms with E-state index in [1.165, 1.54) is 6.07 Å². The van der Waals surface area contributed by atoms with Crippen molar-refractivity contribution in [3.63, 3.8) is 0 Å². The van der Waals surface area contributed by atoms with Crippen molar-refractivity contribution in [1.29, 1.82) is 0 Å². The van der Waals surface area contributed by atoms with Crippen molar-refractivity contribution in [3.05, 3.63) is 69.0 Å². The van der Waals surface area contributed by atoms with E-state index in [1.807, 2.05) is 26.1 Å². The van der Waals surface area contributed by atoms with Crippen LogP contribution < -0.4 is 16.2 Å². The van der Waals surface area contributed by atoms with Gasteiger partial charge in [0.15, 0.2) is 0 Å². The van der Waals surface area contributed by atoms with Gasteiger partial charge in [-0.05, 0) is 93.9 Å². The third-order valence-corrected chi connectivity index (χ3v) is 8.12. The van der Waals surface area contributed by atoms with Crippen LogP contribution in [0.2, 0.25) is 0 Å². The molecule has 0 saturated carbocycles. The van der Waals surface area contributed by atoms with E-state index in [2.05, 4.69) is 30.5 Å². The summed E-state index contributed by atoms with van der Waals surface area (Å²) in [6.07, 6.45) is 3.65. The molecule has 3 aromatic rings. The number of halogens is 1. The second-order valence-electron chi connectivity index (χ2n) is 10.8. The molecular formula is C29H37FN4O2. The second kappa shape index (κ2) is 9.94. The molecule has 0 bridgehead atoms. The molecule has 2 N–H and O–H groups in total. The lowest BCUT2D eigenvalue weighted by Gasteiger charge is -2.34. The number of fused-ring (bicyclic) bond motifs is 1. The van der Waals surface area contributed by atoms with Crippen LogP contribution in [0, 0.1) is 12.7 Å². The molecule has 0 amide bonds. The Kier molecular flexibility index (Phi) is 6.88. The van der Waals surface area contributed by atoms with Gasteiger partial charge < -0.3 is 15.4 Å². The standard InChI is InChI=1S/C29H37FN4O2/c1-18-15-22(19(2)32-25-6-5-21(30)17-23(25)20-7-11-31-12-8-20)26-24(16-18)27(35)34(4)28(33-26)29(3)9-13-36-14-10-29/h5-6,15-17,19-20,31-32H,7-14H2,1-4H3/t19-/m1/s1. The maximum Gasteiger partial charge on any atom is 0.261 e. The molecule has 2 fully saturated rings. The molecule has 2 aliphatic rings. The van der Waals surface area contributed by atoms with Crippen LogP contribution in [0.5, 0.6) is 0 Å². The van der Waals surface area contributed by atoms with E-state index >= 15 is 0 Å². The lowest BCUT2D eigenvalue weighted by Crippen LogP contribution is -2.38. The minimum Gasteiger partial charge on any atom is -0.381 e. The Morgan fingerprint density at radius 1 is 1.19 bits per heavy atom. The molecule has 2 saturated heterocycles. The highest BCUT2D eigenvalue weighted by atomic mass is 19.1. The second-order valence-corrected chi connectivity index (χ2v) is 10.8. The Bertz CT molecular complexity index is 1320. The summed E-state index contributed by atoms with van der Waals surface area (Å²) >= 11 is 0. The first-order valence-electron chi connectivity index (χ1n) is 13.1. The molecule has 1 aromatic heterocycles. The summed E-state index contributed by atoms with van der Waals surface area (Å²) in [5.41, 5.74) is 4.51. The highest BCUT2D eigenvalue weighted by Crippen LogP contribution is 2.36. The third kappa shape index (κ3) is 4.66. The van der Waals surface area contributed by atoms with Crippen molar-refractivity contribution in [2.75, 3.05) is 31.6 Å². The number of nitrogens with zero attached hydrogens (tertiary/aromatic N) is 2. The Hall–Kier alpha value is -2.77. The van der Waals surface area contributed by atoms with Gasteiger partial charge in [0.2, 0.25) is 0 Å². The zero-order chi connectivity index (χ0) is 25.4. The maximum absolute atomic E-state index is 14.3. The fourth-order valence-electron chi connectivity index (χ4n) is 5.91. The average molecular weight is 493 g/mol. The highest BCUT2D eigenvalue weighted by molar-refractivity contribution is 5.83. The van der Waals surface area contributed by atoms with Gasteiger partial charge in [-0.3, -0.25) is 9.36 Å². The van der Waals surface area contributed by atoms with Crippen LogP contribution in [0.1, 0.15) is 74.0 Å². The molecule has 1 atom stereocenters. The molecule has 0 aliphatic carbocycles. The highest BCUT2D eigenvalue weighted by Gasteiger charge is 2.34. The molecule has 3 heterocycles. The van der Waals surface area contributed by atoms with Crippen LogP contribution in [0.3, 0.4) is 0 Å². The number of anilines is 1. The van der Waals surface area contributed by atoms with Crippen LogP contribution in [-0.4, -0.2) is 35.9 Å². The molecule has 36 heavy (non-hydrogen) atoms. The van der Waals surface area contributed by atoms with E-state index in [1.54, 1.807) is 10.6 Å². The monoisotopic (exact) mass is 492 g/mol. The lowest BCUT2D eigenvalue weighted by molar-refractivity contribution is 0.0523.